The fourth-order valence-corrected chi connectivity index (χ4v) is 2.72. The van der Waals surface area contributed by atoms with Crippen molar-refractivity contribution in [2.75, 3.05) is 6.61 Å². The molecule has 0 spiro atoms. The lowest BCUT2D eigenvalue weighted by molar-refractivity contribution is -0.130. The van der Waals surface area contributed by atoms with Crippen molar-refractivity contribution in [2.45, 2.75) is 38.7 Å². The van der Waals surface area contributed by atoms with Gasteiger partial charge in [-0.05, 0) is 43.7 Å². The summed E-state index contributed by atoms with van der Waals surface area (Å²) in [6.07, 6.45) is 3.67. The Labute approximate surface area is 124 Å². The molecule has 0 radical (unpaired) electrons. The van der Waals surface area contributed by atoms with E-state index in [2.05, 4.69) is 17.5 Å². The number of hydrogen-bond acceptors (Lipinski definition) is 4. The van der Waals surface area contributed by atoms with Gasteiger partial charge in [0.2, 0.25) is 6.10 Å². The summed E-state index contributed by atoms with van der Waals surface area (Å²) in [5.74, 6) is 1.67. The Balaban J connectivity index is 1.58. The van der Waals surface area contributed by atoms with E-state index >= 15 is 0 Å². The largest absolute Gasteiger partial charge is 0.485 e. The third-order valence-electron chi connectivity index (χ3n) is 3.87. The van der Waals surface area contributed by atoms with E-state index in [-0.39, 0.29) is 12.5 Å². The molecule has 1 fully saturated rings. The number of hydrazone groups is 1. The lowest BCUT2D eigenvalue weighted by Crippen LogP contribution is -2.42. The average Bonchev–Trinajstić information content (AvgIpc) is 2.52. The molecule has 5 heteroatoms. The molecule has 0 unspecified atom stereocenters. The Morgan fingerprint density at radius 2 is 2.14 bits per heavy atom. The van der Waals surface area contributed by atoms with Gasteiger partial charge in [-0.2, -0.15) is 5.10 Å². The zero-order chi connectivity index (χ0) is 14.7. The molecule has 1 amide bonds. The van der Waals surface area contributed by atoms with Crippen molar-refractivity contribution in [1.29, 1.82) is 0 Å². The van der Waals surface area contributed by atoms with Crippen LogP contribution in [0.5, 0.6) is 11.5 Å². The first-order valence-corrected chi connectivity index (χ1v) is 7.46. The average molecular weight is 288 g/mol. The van der Waals surface area contributed by atoms with Crippen molar-refractivity contribution >= 4 is 11.6 Å². The summed E-state index contributed by atoms with van der Waals surface area (Å²) in [6.45, 7) is 2.43. The third kappa shape index (κ3) is 3.35. The minimum absolute atomic E-state index is 0.212. The normalized spacial score (nSPS) is 26.4. The van der Waals surface area contributed by atoms with Gasteiger partial charge in [0.1, 0.15) is 6.61 Å². The highest BCUT2D eigenvalue weighted by Gasteiger charge is 2.27. The molecule has 1 N–H and O–H groups in total. The topological polar surface area (TPSA) is 59.9 Å². The molecule has 1 aromatic rings. The number of para-hydroxylation sites is 2. The molecule has 1 heterocycles. The molecular formula is C16H20N2O3. The molecular weight excluding hydrogens is 268 g/mol. The van der Waals surface area contributed by atoms with Crippen LogP contribution >= 0.6 is 0 Å². The van der Waals surface area contributed by atoms with Gasteiger partial charge >= 0.3 is 0 Å². The first-order valence-electron chi connectivity index (χ1n) is 7.46. The van der Waals surface area contributed by atoms with Gasteiger partial charge in [0.25, 0.3) is 5.91 Å². The van der Waals surface area contributed by atoms with Crippen LogP contribution in [0.1, 0.15) is 32.6 Å². The smallest absolute Gasteiger partial charge is 0.284 e. The predicted molar refractivity (Wildman–Crippen MR) is 79.6 cm³/mol. The Kier molecular flexibility index (Phi) is 4.08. The number of carbonyl (C=O) groups excluding carboxylic acids is 1. The maximum atomic E-state index is 12.1. The zero-order valence-corrected chi connectivity index (χ0v) is 12.2. The summed E-state index contributed by atoms with van der Waals surface area (Å²) >= 11 is 0. The number of benzene rings is 1. The highest BCUT2D eigenvalue weighted by molar-refractivity contribution is 5.88. The Morgan fingerprint density at radius 3 is 2.95 bits per heavy atom. The summed E-state index contributed by atoms with van der Waals surface area (Å²) < 4.78 is 11.2. The molecule has 3 rings (SSSR count). The lowest BCUT2D eigenvalue weighted by atomic mass is 9.89. The molecule has 112 valence electrons. The summed E-state index contributed by atoms with van der Waals surface area (Å²) in [6, 6.07) is 7.35. The van der Waals surface area contributed by atoms with Crippen molar-refractivity contribution in [3.05, 3.63) is 24.3 Å². The van der Waals surface area contributed by atoms with Gasteiger partial charge in [0.05, 0.1) is 0 Å². The summed E-state index contributed by atoms with van der Waals surface area (Å²) in [5.41, 5.74) is 3.69. The molecule has 1 saturated carbocycles. The highest BCUT2D eigenvalue weighted by atomic mass is 16.6. The van der Waals surface area contributed by atoms with Crippen LogP contribution < -0.4 is 14.9 Å². The summed E-state index contributed by atoms with van der Waals surface area (Å²) in [5, 5.41) is 4.25. The Bertz CT molecular complexity index is 556. The fraction of sp³-hybridized carbons (Fsp3) is 0.500. The second-order valence-corrected chi connectivity index (χ2v) is 5.72. The van der Waals surface area contributed by atoms with E-state index in [9.17, 15) is 4.79 Å². The maximum Gasteiger partial charge on any atom is 0.284 e. The molecule has 21 heavy (non-hydrogen) atoms. The van der Waals surface area contributed by atoms with Gasteiger partial charge in [-0.1, -0.05) is 19.1 Å². The van der Waals surface area contributed by atoms with Crippen molar-refractivity contribution in [1.82, 2.24) is 5.43 Å². The van der Waals surface area contributed by atoms with E-state index < -0.39 is 6.10 Å². The van der Waals surface area contributed by atoms with Gasteiger partial charge < -0.3 is 9.47 Å². The van der Waals surface area contributed by atoms with Crippen molar-refractivity contribution in [3.8, 4) is 11.5 Å². The minimum Gasteiger partial charge on any atom is -0.485 e. The summed E-state index contributed by atoms with van der Waals surface area (Å²) in [7, 11) is 0. The van der Waals surface area contributed by atoms with Crippen LogP contribution in [0, 0.1) is 5.92 Å². The lowest BCUT2D eigenvalue weighted by Gasteiger charge is -2.25. The molecule has 5 nitrogen and oxygen atoms in total. The molecule has 0 saturated heterocycles. The maximum absolute atomic E-state index is 12.1. The number of fused-ring (bicyclic) bond motifs is 1. The SMILES string of the molecule is C[C@@H]1CCC/C(=N/NC(=O)[C@H]2COc3ccccc3O2)C1. The van der Waals surface area contributed by atoms with E-state index in [1.807, 2.05) is 18.2 Å². The molecule has 0 bridgehead atoms. The Morgan fingerprint density at radius 1 is 1.33 bits per heavy atom. The second-order valence-electron chi connectivity index (χ2n) is 5.72. The van der Waals surface area contributed by atoms with Crippen LogP contribution in [0.15, 0.2) is 29.4 Å². The van der Waals surface area contributed by atoms with Crippen LogP contribution in [-0.4, -0.2) is 24.3 Å². The molecule has 2 atom stereocenters. The number of amides is 1. The van der Waals surface area contributed by atoms with Crippen LogP contribution in [0.2, 0.25) is 0 Å². The zero-order valence-electron chi connectivity index (χ0n) is 12.2. The standard InChI is InChI=1S/C16H20N2O3/c1-11-5-4-6-12(9-11)17-18-16(19)15-10-20-13-7-2-3-8-14(13)21-15/h2-3,7-8,11,15H,4-6,9-10H2,1H3,(H,18,19)/b17-12-/t11-,15-/m1/s1. The van der Waals surface area contributed by atoms with Gasteiger partial charge in [-0.3, -0.25) is 4.79 Å². The van der Waals surface area contributed by atoms with Crippen LogP contribution in [0.3, 0.4) is 0 Å². The third-order valence-corrected chi connectivity index (χ3v) is 3.87. The number of ether oxygens (including phenoxy) is 2. The fourth-order valence-electron chi connectivity index (χ4n) is 2.72. The molecule has 2 aliphatic rings. The quantitative estimate of drug-likeness (QED) is 0.851. The van der Waals surface area contributed by atoms with E-state index in [1.165, 1.54) is 6.42 Å². The molecule has 1 aliphatic carbocycles. The molecule has 1 aliphatic heterocycles. The number of rotatable bonds is 2. The van der Waals surface area contributed by atoms with Gasteiger partial charge in [-0.15, -0.1) is 0 Å². The van der Waals surface area contributed by atoms with Crippen LogP contribution in [0.25, 0.3) is 0 Å². The number of nitrogens with one attached hydrogen (secondary N) is 1. The van der Waals surface area contributed by atoms with Crippen LogP contribution in [0.4, 0.5) is 0 Å². The van der Waals surface area contributed by atoms with Crippen molar-refractivity contribution < 1.29 is 14.3 Å². The highest BCUT2D eigenvalue weighted by Crippen LogP contribution is 2.30. The molecule has 1 aromatic carbocycles. The van der Waals surface area contributed by atoms with Gasteiger partial charge in [0.15, 0.2) is 11.5 Å². The number of nitrogens with zero attached hydrogens (tertiary/aromatic N) is 1. The number of hydrogen-bond donors (Lipinski definition) is 1. The predicted octanol–water partition coefficient (Wildman–Crippen LogP) is 2.51. The summed E-state index contributed by atoms with van der Waals surface area (Å²) in [4.78, 5) is 12.1. The van der Waals surface area contributed by atoms with E-state index in [4.69, 9.17) is 9.47 Å². The monoisotopic (exact) mass is 288 g/mol. The van der Waals surface area contributed by atoms with Crippen molar-refractivity contribution in [3.63, 3.8) is 0 Å². The van der Waals surface area contributed by atoms with E-state index in [0.29, 0.717) is 17.4 Å². The first kappa shape index (κ1) is 13.9. The second kappa shape index (κ2) is 6.16. The minimum atomic E-state index is -0.648. The van der Waals surface area contributed by atoms with Gasteiger partial charge in [0, 0.05) is 5.71 Å². The molecule has 0 aromatic heterocycles. The number of carbonyl (C=O) groups is 1. The van der Waals surface area contributed by atoms with Crippen molar-refractivity contribution in [2.24, 2.45) is 11.0 Å². The van der Waals surface area contributed by atoms with E-state index in [0.717, 1.165) is 25.0 Å². The van der Waals surface area contributed by atoms with Crippen LogP contribution in [-0.2, 0) is 4.79 Å². The van der Waals surface area contributed by atoms with Gasteiger partial charge in [-0.25, -0.2) is 5.43 Å². The van der Waals surface area contributed by atoms with E-state index in [1.54, 1.807) is 6.07 Å². The first-order chi connectivity index (χ1) is 10.2. The Hall–Kier alpha value is -2.04.